The quantitative estimate of drug-likeness (QED) is 0.223. The maximum atomic E-state index is 13.2. The molecule has 0 spiro atoms. The van der Waals surface area contributed by atoms with Crippen LogP contribution in [-0.4, -0.2) is 37.9 Å². The molecule has 3 aromatic carbocycles. The van der Waals surface area contributed by atoms with Gasteiger partial charge in [0.1, 0.15) is 6.61 Å². The van der Waals surface area contributed by atoms with Gasteiger partial charge in [-0.3, -0.25) is 4.79 Å². The van der Waals surface area contributed by atoms with Crippen molar-refractivity contribution in [2.45, 2.75) is 58.7 Å². The summed E-state index contributed by atoms with van der Waals surface area (Å²) in [5, 5.41) is 2.19. The smallest absolute Gasteiger partial charge is 0.417 e. The second-order valence-electron chi connectivity index (χ2n) is 11.9. The molecule has 0 aliphatic carbocycles. The fourth-order valence-corrected chi connectivity index (χ4v) is 10.3. The molecule has 1 fully saturated rings. The molecule has 0 N–H and O–H groups in total. The summed E-state index contributed by atoms with van der Waals surface area (Å²) in [6.07, 6.45) is 2.48. The number of hydrogen-bond donors (Lipinski definition) is 0. The number of nitrogens with zero attached hydrogens (tertiary/aromatic N) is 1. The number of cyclic esters (lactones) is 1. The lowest BCUT2D eigenvalue weighted by atomic mass is 9.97. The molecule has 5 nitrogen and oxygen atoms in total. The summed E-state index contributed by atoms with van der Waals surface area (Å²) in [5.74, 6) is -0.411. The van der Waals surface area contributed by atoms with E-state index in [0.717, 1.165) is 5.56 Å². The number of ether oxygens (including phenoxy) is 1. The van der Waals surface area contributed by atoms with Crippen LogP contribution in [0.4, 0.5) is 4.79 Å². The first-order chi connectivity index (χ1) is 19.1. The molecule has 0 bridgehead atoms. The summed E-state index contributed by atoms with van der Waals surface area (Å²) in [4.78, 5) is 26.8. The van der Waals surface area contributed by atoms with Gasteiger partial charge in [-0.05, 0) is 26.9 Å². The van der Waals surface area contributed by atoms with E-state index in [2.05, 4.69) is 88.4 Å². The minimum absolute atomic E-state index is 0.108. The molecule has 0 radical (unpaired) electrons. The van der Waals surface area contributed by atoms with Crippen molar-refractivity contribution in [3.63, 3.8) is 0 Å². The first-order valence-corrected chi connectivity index (χ1v) is 16.0. The first kappa shape index (κ1) is 29.5. The van der Waals surface area contributed by atoms with Crippen molar-refractivity contribution in [1.82, 2.24) is 4.90 Å². The van der Waals surface area contributed by atoms with Crippen molar-refractivity contribution in [3.05, 3.63) is 109 Å². The first-order valence-electron chi connectivity index (χ1n) is 14.1. The van der Waals surface area contributed by atoms with Crippen LogP contribution < -0.4 is 10.4 Å². The van der Waals surface area contributed by atoms with E-state index in [4.69, 9.17) is 9.16 Å². The van der Waals surface area contributed by atoms with Crippen LogP contribution in [0.3, 0.4) is 0 Å². The third kappa shape index (κ3) is 5.98. The predicted octanol–water partition coefficient (Wildman–Crippen LogP) is 6.50. The SMILES string of the molecule is CC(C)[C@H]1COC(=O)N1C(=O)/C=C/[C@@H](C)[C@@H](O[Si](c1ccccc1)(c1ccccc1)C(C)(C)C)c1ccccc1. The van der Waals surface area contributed by atoms with Crippen LogP contribution in [0.25, 0.3) is 0 Å². The third-order valence-corrected chi connectivity index (χ3v) is 12.8. The average Bonchev–Trinajstić information content (AvgIpc) is 3.35. The molecule has 0 aromatic heterocycles. The summed E-state index contributed by atoms with van der Waals surface area (Å²) in [5.41, 5.74) is 1.04. The van der Waals surface area contributed by atoms with Gasteiger partial charge in [0.25, 0.3) is 14.2 Å². The largest absolute Gasteiger partial charge is 0.447 e. The van der Waals surface area contributed by atoms with E-state index in [0.29, 0.717) is 0 Å². The van der Waals surface area contributed by atoms with Crippen molar-refractivity contribution < 1.29 is 18.8 Å². The van der Waals surface area contributed by atoms with Crippen LogP contribution in [0.1, 0.15) is 53.2 Å². The molecule has 1 heterocycles. The van der Waals surface area contributed by atoms with Gasteiger partial charge in [-0.15, -0.1) is 0 Å². The number of carbonyl (C=O) groups excluding carboxylic acids is 2. The molecule has 3 atom stereocenters. The van der Waals surface area contributed by atoms with E-state index in [1.807, 2.05) is 50.3 Å². The Hall–Kier alpha value is -3.48. The van der Waals surface area contributed by atoms with Gasteiger partial charge in [0.15, 0.2) is 0 Å². The zero-order valence-corrected chi connectivity index (χ0v) is 25.4. The van der Waals surface area contributed by atoms with E-state index in [-0.39, 0.29) is 41.5 Å². The van der Waals surface area contributed by atoms with Gasteiger partial charge < -0.3 is 9.16 Å². The molecule has 40 heavy (non-hydrogen) atoms. The number of hydrogen-bond acceptors (Lipinski definition) is 4. The maximum absolute atomic E-state index is 13.2. The molecule has 210 valence electrons. The van der Waals surface area contributed by atoms with Gasteiger partial charge in [0, 0.05) is 12.0 Å². The molecular weight excluding hydrogens is 514 g/mol. The monoisotopic (exact) mass is 555 g/mol. The highest BCUT2D eigenvalue weighted by Crippen LogP contribution is 2.42. The zero-order chi connectivity index (χ0) is 28.9. The lowest BCUT2D eigenvalue weighted by molar-refractivity contribution is -0.124. The van der Waals surface area contributed by atoms with Gasteiger partial charge in [-0.2, -0.15) is 0 Å². The Balaban J connectivity index is 1.78. The summed E-state index contributed by atoms with van der Waals surface area (Å²) in [7, 11) is -2.88. The summed E-state index contributed by atoms with van der Waals surface area (Å²) in [6.45, 7) is 13.1. The predicted molar refractivity (Wildman–Crippen MR) is 163 cm³/mol. The number of carbonyl (C=O) groups is 2. The van der Waals surface area contributed by atoms with Crippen molar-refractivity contribution in [3.8, 4) is 0 Å². The molecule has 1 aliphatic rings. The topological polar surface area (TPSA) is 55.8 Å². The number of amides is 2. The minimum Gasteiger partial charge on any atom is -0.447 e. The van der Waals surface area contributed by atoms with E-state index < -0.39 is 14.4 Å². The van der Waals surface area contributed by atoms with Crippen LogP contribution in [-0.2, 0) is 14.0 Å². The standard InChI is InChI=1S/C34H41NO4Si/c1-25(2)30-24-38-33(37)35(30)31(36)23-22-26(3)32(27-16-10-7-11-17-27)39-40(34(4,5)6,28-18-12-8-13-19-28)29-20-14-9-15-21-29/h7-23,25-26,30,32H,24H2,1-6H3/b23-22+/t26-,30-,32-/m1/s1. The van der Waals surface area contributed by atoms with Crippen molar-refractivity contribution in [1.29, 1.82) is 0 Å². The Bertz CT molecular complexity index is 1260. The Morgan fingerprint density at radius 2 is 1.40 bits per heavy atom. The van der Waals surface area contributed by atoms with E-state index in [1.165, 1.54) is 21.3 Å². The molecule has 3 aromatic rings. The van der Waals surface area contributed by atoms with Gasteiger partial charge in [0.05, 0.1) is 12.1 Å². The Labute approximate surface area is 240 Å². The number of rotatable bonds is 9. The van der Waals surface area contributed by atoms with Crippen LogP contribution in [0.5, 0.6) is 0 Å². The van der Waals surface area contributed by atoms with E-state index in [1.54, 1.807) is 0 Å². The molecule has 6 heteroatoms. The Kier molecular flexibility index (Phi) is 9.11. The summed E-state index contributed by atoms with van der Waals surface area (Å²) in [6, 6.07) is 31.1. The van der Waals surface area contributed by atoms with Crippen LogP contribution >= 0.6 is 0 Å². The molecule has 0 unspecified atom stereocenters. The Morgan fingerprint density at radius 1 is 0.900 bits per heavy atom. The lowest BCUT2D eigenvalue weighted by Crippen LogP contribution is -2.67. The fraction of sp³-hybridized carbons (Fsp3) is 0.353. The molecule has 1 aliphatic heterocycles. The van der Waals surface area contributed by atoms with Crippen molar-refractivity contribution in [2.24, 2.45) is 11.8 Å². The maximum Gasteiger partial charge on any atom is 0.417 e. The highest BCUT2D eigenvalue weighted by Gasteiger charge is 2.52. The fourth-order valence-electron chi connectivity index (χ4n) is 5.60. The Morgan fingerprint density at radius 3 is 1.88 bits per heavy atom. The highest BCUT2D eigenvalue weighted by molar-refractivity contribution is 6.99. The lowest BCUT2D eigenvalue weighted by Gasteiger charge is -2.46. The van der Waals surface area contributed by atoms with Gasteiger partial charge in [-0.25, -0.2) is 9.69 Å². The summed E-state index contributed by atoms with van der Waals surface area (Å²) >= 11 is 0. The number of benzene rings is 3. The second kappa shape index (κ2) is 12.4. The van der Waals surface area contributed by atoms with E-state index in [9.17, 15) is 9.59 Å². The minimum atomic E-state index is -2.88. The molecule has 2 amide bonds. The van der Waals surface area contributed by atoms with Gasteiger partial charge >= 0.3 is 6.09 Å². The average molecular weight is 556 g/mol. The van der Waals surface area contributed by atoms with Crippen molar-refractivity contribution in [2.75, 3.05) is 6.61 Å². The summed E-state index contributed by atoms with van der Waals surface area (Å²) < 4.78 is 12.7. The van der Waals surface area contributed by atoms with Crippen LogP contribution in [0.15, 0.2) is 103 Å². The van der Waals surface area contributed by atoms with Crippen LogP contribution in [0, 0.1) is 11.8 Å². The third-order valence-electron chi connectivity index (χ3n) is 7.78. The zero-order valence-electron chi connectivity index (χ0n) is 24.4. The van der Waals surface area contributed by atoms with E-state index >= 15 is 0 Å². The molecule has 4 rings (SSSR count). The number of imide groups is 1. The van der Waals surface area contributed by atoms with Crippen molar-refractivity contribution >= 4 is 30.7 Å². The molecule has 0 saturated carbocycles. The molecular formula is C34H41NO4Si. The van der Waals surface area contributed by atoms with Gasteiger partial charge in [-0.1, -0.05) is 139 Å². The van der Waals surface area contributed by atoms with Gasteiger partial charge in [0.2, 0.25) is 0 Å². The highest BCUT2D eigenvalue weighted by atomic mass is 28.4. The molecule has 1 saturated heterocycles. The normalized spacial score (nSPS) is 17.7. The van der Waals surface area contributed by atoms with Crippen LogP contribution in [0.2, 0.25) is 5.04 Å². The second-order valence-corrected chi connectivity index (χ2v) is 16.2.